The van der Waals surface area contributed by atoms with Crippen molar-refractivity contribution in [1.29, 1.82) is 0 Å². The zero-order chi connectivity index (χ0) is 13.7. The topological polar surface area (TPSA) is 68.0 Å². The molecule has 1 aliphatic carbocycles. The number of nitrogens with two attached hydrogens (primary N) is 1. The van der Waals surface area contributed by atoms with Crippen LogP contribution in [0.15, 0.2) is 18.3 Å². The van der Waals surface area contributed by atoms with Gasteiger partial charge in [0, 0.05) is 17.0 Å². The third-order valence-electron chi connectivity index (χ3n) is 3.74. The Balaban J connectivity index is 1.82. The molecule has 1 amide bonds. The highest BCUT2D eigenvalue weighted by Gasteiger charge is 2.33. The third kappa shape index (κ3) is 3.86. The number of hydrogen-bond acceptors (Lipinski definition) is 4. The molecule has 0 aliphatic heterocycles. The van der Waals surface area contributed by atoms with Gasteiger partial charge in [0.2, 0.25) is 5.91 Å². The Hall–Kier alpha value is -1.23. The predicted molar refractivity (Wildman–Crippen MR) is 80.1 cm³/mol. The van der Waals surface area contributed by atoms with Crippen molar-refractivity contribution in [3.05, 3.63) is 24.0 Å². The van der Waals surface area contributed by atoms with Crippen molar-refractivity contribution in [2.75, 3.05) is 18.5 Å². The summed E-state index contributed by atoms with van der Waals surface area (Å²) in [5.41, 5.74) is 6.95. The summed E-state index contributed by atoms with van der Waals surface area (Å²) in [5, 5.41) is 3.05. The summed E-state index contributed by atoms with van der Waals surface area (Å²) < 4.78 is 0.254. The normalized spacial score (nSPS) is 17.3. The Bertz CT molecular complexity index is 427. The number of thioether (sulfide) groups is 1. The van der Waals surface area contributed by atoms with Gasteiger partial charge in [-0.1, -0.05) is 12.8 Å². The van der Waals surface area contributed by atoms with Gasteiger partial charge >= 0.3 is 0 Å². The predicted octanol–water partition coefficient (Wildman–Crippen LogP) is 2.00. The van der Waals surface area contributed by atoms with Crippen LogP contribution in [0.1, 0.15) is 31.4 Å². The summed E-state index contributed by atoms with van der Waals surface area (Å²) in [6.07, 6.45) is 9.00. The minimum Gasteiger partial charge on any atom is -0.397 e. The number of nitrogens with zero attached hydrogens (tertiary/aromatic N) is 1. The summed E-state index contributed by atoms with van der Waals surface area (Å²) in [5.74, 6) is 0.0394. The summed E-state index contributed by atoms with van der Waals surface area (Å²) in [6, 6.07) is 3.57. The highest BCUT2D eigenvalue weighted by molar-refractivity contribution is 8.00. The lowest BCUT2D eigenvalue weighted by Gasteiger charge is -2.26. The number of hydrogen-bond donors (Lipinski definition) is 2. The standard InChI is InChI=1S/C14H21N3OS/c1-19-14(6-2-3-7-14)10-17-13(18)8-12-5-4-11(15)9-16-12/h4-5,9H,2-3,6-8,10,15H2,1H3,(H,17,18). The van der Waals surface area contributed by atoms with E-state index in [1.807, 2.05) is 11.8 Å². The van der Waals surface area contributed by atoms with E-state index in [-0.39, 0.29) is 10.7 Å². The van der Waals surface area contributed by atoms with Crippen LogP contribution in [0.4, 0.5) is 5.69 Å². The molecule has 0 aromatic carbocycles. The van der Waals surface area contributed by atoms with E-state index in [0.717, 1.165) is 12.2 Å². The van der Waals surface area contributed by atoms with Gasteiger partial charge in [-0.15, -0.1) is 0 Å². The Kier molecular flexibility index (Phi) is 4.69. The van der Waals surface area contributed by atoms with E-state index in [1.54, 1.807) is 18.3 Å². The molecule has 1 aromatic rings. The fourth-order valence-electron chi connectivity index (χ4n) is 2.50. The Morgan fingerprint density at radius 1 is 1.47 bits per heavy atom. The molecular formula is C14H21N3OS. The molecule has 1 saturated carbocycles. The third-order valence-corrected chi connectivity index (χ3v) is 5.16. The molecule has 1 aromatic heterocycles. The van der Waals surface area contributed by atoms with Gasteiger partial charge in [0.25, 0.3) is 0 Å². The molecule has 0 bridgehead atoms. The molecule has 4 nitrogen and oxygen atoms in total. The molecule has 0 atom stereocenters. The van der Waals surface area contributed by atoms with Crippen LogP contribution >= 0.6 is 11.8 Å². The fourth-order valence-corrected chi connectivity index (χ4v) is 3.41. The molecule has 3 N–H and O–H groups in total. The quantitative estimate of drug-likeness (QED) is 0.865. The SMILES string of the molecule is CSC1(CNC(=O)Cc2ccc(N)cn2)CCCC1. The number of nitrogens with one attached hydrogen (secondary N) is 1. The number of carbonyl (C=O) groups excluding carboxylic acids is 1. The highest BCUT2D eigenvalue weighted by atomic mass is 32.2. The number of pyridine rings is 1. The summed E-state index contributed by atoms with van der Waals surface area (Å²) in [4.78, 5) is 16.1. The average Bonchev–Trinajstić information content (AvgIpc) is 2.89. The largest absolute Gasteiger partial charge is 0.397 e. The minimum atomic E-state index is 0.0394. The van der Waals surface area contributed by atoms with Crippen molar-refractivity contribution in [2.45, 2.75) is 36.9 Å². The maximum Gasteiger partial charge on any atom is 0.226 e. The molecule has 19 heavy (non-hydrogen) atoms. The number of amides is 1. The first-order valence-electron chi connectivity index (χ1n) is 6.66. The molecule has 1 fully saturated rings. The van der Waals surface area contributed by atoms with Gasteiger partial charge in [-0.3, -0.25) is 9.78 Å². The maximum atomic E-state index is 11.9. The Morgan fingerprint density at radius 3 is 2.79 bits per heavy atom. The molecule has 1 aliphatic rings. The van der Waals surface area contributed by atoms with E-state index in [4.69, 9.17) is 5.73 Å². The summed E-state index contributed by atoms with van der Waals surface area (Å²) in [7, 11) is 0. The molecule has 1 heterocycles. The van der Waals surface area contributed by atoms with Gasteiger partial charge in [-0.2, -0.15) is 11.8 Å². The van der Waals surface area contributed by atoms with Crippen LogP contribution in [0.2, 0.25) is 0 Å². The molecule has 5 heteroatoms. The second kappa shape index (κ2) is 6.28. The van der Waals surface area contributed by atoms with Crippen molar-refractivity contribution >= 4 is 23.4 Å². The second-order valence-electron chi connectivity index (χ2n) is 5.13. The Labute approximate surface area is 118 Å². The van der Waals surface area contributed by atoms with Crippen LogP contribution in [0, 0.1) is 0 Å². The van der Waals surface area contributed by atoms with Crippen LogP contribution < -0.4 is 11.1 Å². The molecule has 104 valence electrons. The second-order valence-corrected chi connectivity index (χ2v) is 6.40. The van der Waals surface area contributed by atoms with E-state index < -0.39 is 0 Å². The van der Waals surface area contributed by atoms with E-state index >= 15 is 0 Å². The summed E-state index contributed by atoms with van der Waals surface area (Å²) in [6.45, 7) is 0.766. The lowest BCUT2D eigenvalue weighted by atomic mass is 10.1. The summed E-state index contributed by atoms with van der Waals surface area (Å²) >= 11 is 1.88. The molecule has 2 rings (SSSR count). The van der Waals surface area contributed by atoms with Gasteiger partial charge in [-0.05, 0) is 31.2 Å². The lowest BCUT2D eigenvalue weighted by Crippen LogP contribution is -2.39. The monoisotopic (exact) mass is 279 g/mol. The fraction of sp³-hybridized carbons (Fsp3) is 0.571. The molecule has 0 spiro atoms. The van der Waals surface area contributed by atoms with Gasteiger partial charge in [0.1, 0.15) is 0 Å². The van der Waals surface area contributed by atoms with E-state index in [1.165, 1.54) is 25.7 Å². The first-order chi connectivity index (χ1) is 9.13. The number of carbonyl (C=O) groups is 1. The molecule has 0 unspecified atom stereocenters. The first kappa shape index (κ1) is 14.2. The number of aromatic nitrogens is 1. The minimum absolute atomic E-state index is 0.0394. The van der Waals surface area contributed by atoms with Crippen molar-refractivity contribution < 1.29 is 4.79 Å². The highest BCUT2D eigenvalue weighted by Crippen LogP contribution is 2.39. The molecular weight excluding hydrogens is 258 g/mol. The smallest absolute Gasteiger partial charge is 0.226 e. The van der Waals surface area contributed by atoms with E-state index in [9.17, 15) is 4.79 Å². The van der Waals surface area contributed by atoms with Crippen LogP contribution in [0.25, 0.3) is 0 Å². The zero-order valence-electron chi connectivity index (χ0n) is 11.3. The van der Waals surface area contributed by atoms with Crippen LogP contribution in [-0.2, 0) is 11.2 Å². The van der Waals surface area contributed by atoms with E-state index in [2.05, 4.69) is 16.6 Å². The molecule has 0 saturated heterocycles. The first-order valence-corrected chi connectivity index (χ1v) is 7.88. The van der Waals surface area contributed by atoms with Crippen molar-refractivity contribution in [2.24, 2.45) is 0 Å². The van der Waals surface area contributed by atoms with Crippen LogP contribution in [-0.4, -0.2) is 28.4 Å². The van der Waals surface area contributed by atoms with Gasteiger partial charge < -0.3 is 11.1 Å². The van der Waals surface area contributed by atoms with Crippen LogP contribution in [0.5, 0.6) is 0 Å². The number of rotatable bonds is 5. The average molecular weight is 279 g/mol. The molecule has 0 radical (unpaired) electrons. The number of anilines is 1. The van der Waals surface area contributed by atoms with Crippen molar-refractivity contribution in [3.63, 3.8) is 0 Å². The van der Waals surface area contributed by atoms with Crippen molar-refractivity contribution in [1.82, 2.24) is 10.3 Å². The van der Waals surface area contributed by atoms with Gasteiger partial charge in [0.15, 0.2) is 0 Å². The van der Waals surface area contributed by atoms with Crippen molar-refractivity contribution in [3.8, 4) is 0 Å². The van der Waals surface area contributed by atoms with Crippen LogP contribution in [0.3, 0.4) is 0 Å². The number of nitrogen functional groups attached to an aromatic ring is 1. The van der Waals surface area contributed by atoms with Gasteiger partial charge in [-0.25, -0.2) is 0 Å². The maximum absolute atomic E-state index is 11.9. The van der Waals surface area contributed by atoms with Gasteiger partial charge in [0.05, 0.1) is 18.3 Å². The Morgan fingerprint density at radius 2 is 2.21 bits per heavy atom. The van der Waals surface area contributed by atoms with E-state index in [0.29, 0.717) is 12.1 Å². The zero-order valence-corrected chi connectivity index (χ0v) is 12.1. The lowest BCUT2D eigenvalue weighted by molar-refractivity contribution is -0.120.